The lowest BCUT2D eigenvalue weighted by Gasteiger charge is -2.04. The number of H-pyrrole nitrogens is 1. The number of aromatic nitrogens is 3. The van der Waals surface area contributed by atoms with Crippen LogP contribution in [0.5, 0.6) is 0 Å². The summed E-state index contributed by atoms with van der Waals surface area (Å²) in [4.78, 5) is 4.41. The summed E-state index contributed by atoms with van der Waals surface area (Å²) in [6, 6.07) is 14.1. The van der Waals surface area contributed by atoms with E-state index in [1.54, 1.807) is 6.07 Å². The van der Waals surface area contributed by atoms with Gasteiger partial charge in [-0.05, 0) is 17.7 Å². The molecular formula is C15H13FN4. The third-order valence-corrected chi connectivity index (χ3v) is 3.06. The van der Waals surface area contributed by atoms with Gasteiger partial charge in [0.2, 0.25) is 0 Å². The fraction of sp³-hybridized carbons (Fsp3) is 0.0667. The Hall–Kier alpha value is -2.53. The molecule has 2 aromatic carbocycles. The van der Waals surface area contributed by atoms with E-state index in [2.05, 4.69) is 15.2 Å². The van der Waals surface area contributed by atoms with Gasteiger partial charge in [0, 0.05) is 17.7 Å². The van der Waals surface area contributed by atoms with Crippen LogP contribution in [0.25, 0.3) is 22.8 Å². The normalized spacial score (nSPS) is 10.7. The topological polar surface area (TPSA) is 67.6 Å². The van der Waals surface area contributed by atoms with Gasteiger partial charge in [-0.1, -0.05) is 36.4 Å². The Bertz CT molecular complexity index is 722. The molecule has 3 aromatic rings. The highest BCUT2D eigenvalue weighted by molar-refractivity contribution is 5.64. The number of rotatable bonds is 3. The van der Waals surface area contributed by atoms with E-state index in [4.69, 9.17) is 5.73 Å². The van der Waals surface area contributed by atoms with E-state index in [0.717, 1.165) is 11.1 Å². The van der Waals surface area contributed by atoms with Gasteiger partial charge in [-0.25, -0.2) is 9.37 Å². The van der Waals surface area contributed by atoms with Crippen molar-refractivity contribution in [1.82, 2.24) is 15.2 Å². The molecule has 0 unspecified atom stereocenters. The lowest BCUT2D eigenvalue weighted by atomic mass is 10.1. The lowest BCUT2D eigenvalue weighted by molar-refractivity contribution is 0.627. The zero-order valence-corrected chi connectivity index (χ0v) is 10.7. The van der Waals surface area contributed by atoms with Crippen LogP contribution < -0.4 is 5.73 Å². The van der Waals surface area contributed by atoms with Crippen LogP contribution in [0.15, 0.2) is 48.5 Å². The summed E-state index contributed by atoms with van der Waals surface area (Å²) >= 11 is 0. The quantitative estimate of drug-likeness (QED) is 0.767. The second-order valence-electron chi connectivity index (χ2n) is 4.38. The number of aromatic amines is 1. The molecule has 0 aliphatic rings. The molecule has 0 bridgehead atoms. The standard InChI is InChI=1S/C15H13FN4/c16-12-7-6-11(9-17)13(8-12)15-18-14(19-20-15)10-4-2-1-3-5-10/h1-8H,9,17H2,(H,18,19,20). The molecule has 20 heavy (non-hydrogen) atoms. The van der Waals surface area contributed by atoms with Crippen LogP contribution in [0.2, 0.25) is 0 Å². The Morgan fingerprint density at radius 2 is 1.90 bits per heavy atom. The van der Waals surface area contributed by atoms with Crippen molar-refractivity contribution in [2.24, 2.45) is 5.73 Å². The largest absolute Gasteiger partial charge is 0.326 e. The molecule has 100 valence electrons. The zero-order chi connectivity index (χ0) is 13.9. The molecule has 0 amide bonds. The van der Waals surface area contributed by atoms with E-state index in [9.17, 15) is 4.39 Å². The molecule has 0 radical (unpaired) electrons. The summed E-state index contributed by atoms with van der Waals surface area (Å²) in [5, 5.41) is 7.01. The van der Waals surface area contributed by atoms with Gasteiger partial charge in [0.25, 0.3) is 0 Å². The predicted octanol–water partition coefficient (Wildman–Crippen LogP) is 2.74. The first-order valence-corrected chi connectivity index (χ1v) is 6.24. The number of nitrogens with zero attached hydrogens (tertiary/aromatic N) is 2. The number of hydrogen-bond donors (Lipinski definition) is 2. The molecule has 0 spiro atoms. The Balaban J connectivity index is 2.04. The molecule has 0 aliphatic heterocycles. The Morgan fingerprint density at radius 1 is 1.10 bits per heavy atom. The molecule has 5 heteroatoms. The van der Waals surface area contributed by atoms with Crippen molar-refractivity contribution >= 4 is 0 Å². The summed E-state index contributed by atoms with van der Waals surface area (Å²) in [6.07, 6.45) is 0. The minimum atomic E-state index is -0.324. The molecule has 3 rings (SSSR count). The Kier molecular flexibility index (Phi) is 3.26. The number of hydrogen-bond acceptors (Lipinski definition) is 3. The molecule has 1 heterocycles. The fourth-order valence-corrected chi connectivity index (χ4v) is 2.05. The van der Waals surface area contributed by atoms with Gasteiger partial charge in [-0.15, -0.1) is 0 Å². The smallest absolute Gasteiger partial charge is 0.181 e. The number of nitrogens with one attached hydrogen (secondary N) is 1. The second-order valence-corrected chi connectivity index (χ2v) is 4.38. The van der Waals surface area contributed by atoms with Gasteiger partial charge in [0.1, 0.15) is 5.82 Å². The maximum absolute atomic E-state index is 13.4. The molecule has 0 saturated heterocycles. The van der Waals surface area contributed by atoms with E-state index in [1.807, 2.05) is 30.3 Å². The van der Waals surface area contributed by atoms with E-state index in [0.29, 0.717) is 23.8 Å². The molecule has 0 aliphatic carbocycles. The maximum Gasteiger partial charge on any atom is 0.181 e. The Morgan fingerprint density at radius 3 is 2.65 bits per heavy atom. The van der Waals surface area contributed by atoms with Crippen molar-refractivity contribution in [3.8, 4) is 22.8 Å². The Labute approximate surface area is 115 Å². The SMILES string of the molecule is NCc1ccc(F)cc1-c1nc(-c2ccccc2)n[nH]1. The first-order chi connectivity index (χ1) is 9.78. The molecule has 1 aromatic heterocycles. The maximum atomic E-state index is 13.4. The molecule has 0 fully saturated rings. The number of halogens is 1. The first-order valence-electron chi connectivity index (χ1n) is 6.24. The van der Waals surface area contributed by atoms with Crippen molar-refractivity contribution in [2.75, 3.05) is 0 Å². The minimum Gasteiger partial charge on any atom is -0.326 e. The van der Waals surface area contributed by atoms with Crippen molar-refractivity contribution in [3.63, 3.8) is 0 Å². The zero-order valence-electron chi connectivity index (χ0n) is 10.7. The van der Waals surface area contributed by atoms with Gasteiger partial charge in [0.05, 0.1) is 0 Å². The summed E-state index contributed by atoms with van der Waals surface area (Å²) in [5.74, 6) is 0.770. The minimum absolute atomic E-state index is 0.316. The van der Waals surface area contributed by atoms with Crippen molar-refractivity contribution in [2.45, 2.75) is 6.54 Å². The van der Waals surface area contributed by atoms with Gasteiger partial charge in [-0.3, -0.25) is 5.10 Å². The lowest BCUT2D eigenvalue weighted by Crippen LogP contribution is -2.00. The van der Waals surface area contributed by atoms with Crippen LogP contribution in [-0.2, 0) is 6.54 Å². The molecule has 4 nitrogen and oxygen atoms in total. The highest BCUT2D eigenvalue weighted by atomic mass is 19.1. The van der Waals surface area contributed by atoms with Crippen LogP contribution in [0, 0.1) is 5.82 Å². The second kappa shape index (κ2) is 5.22. The van der Waals surface area contributed by atoms with Crippen LogP contribution in [0.3, 0.4) is 0 Å². The van der Waals surface area contributed by atoms with Gasteiger partial charge >= 0.3 is 0 Å². The summed E-state index contributed by atoms with van der Waals surface area (Å²) in [6.45, 7) is 0.316. The van der Waals surface area contributed by atoms with Gasteiger partial charge < -0.3 is 5.73 Å². The van der Waals surface area contributed by atoms with Gasteiger partial charge in [-0.2, -0.15) is 5.10 Å². The monoisotopic (exact) mass is 268 g/mol. The number of nitrogens with two attached hydrogens (primary N) is 1. The fourth-order valence-electron chi connectivity index (χ4n) is 2.05. The van der Waals surface area contributed by atoms with Crippen LogP contribution in [-0.4, -0.2) is 15.2 Å². The summed E-state index contributed by atoms with van der Waals surface area (Å²) in [5.41, 5.74) is 8.04. The van der Waals surface area contributed by atoms with E-state index in [-0.39, 0.29) is 5.82 Å². The molecular weight excluding hydrogens is 255 g/mol. The average molecular weight is 268 g/mol. The van der Waals surface area contributed by atoms with Gasteiger partial charge in [0.15, 0.2) is 11.6 Å². The van der Waals surface area contributed by atoms with Crippen molar-refractivity contribution < 1.29 is 4.39 Å². The predicted molar refractivity (Wildman–Crippen MR) is 75.1 cm³/mol. The average Bonchev–Trinajstić information content (AvgIpc) is 2.98. The van der Waals surface area contributed by atoms with Crippen LogP contribution in [0.4, 0.5) is 4.39 Å². The number of benzene rings is 2. The summed E-state index contributed by atoms with van der Waals surface area (Å²) < 4.78 is 13.4. The summed E-state index contributed by atoms with van der Waals surface area (Å²) in [7, 11) is 0. The molecule has 3 N–H and O–H groups in total. The molecule has 0 saturated carbocycles. The van der Waals surface area contributed by atoms with E-state index >= 15 is 0 Å². The van der Waals surface area contributed by atoms with Crippen molar-refractivity contribution in [3.05, 3.63) is 59.9 Å². The highest BCUT2D eigenvalue weighted by Crippen LogP contribution is 2.23. The third-order valence-electron chi connectivity index (χ3n) is 3.06. The van der Waals surface area contributed by atoms with E-state index in [1.165, 1.54) is 12.1 Å². The first kappa shape index (κ1) is 12.5. The highest BCUT2D eigenvalue weighted by Gasteiger charge is 2.11. The van der Waals surface area contributed by atoms with Crippen LogP contribution >= 0.6 is 0 Å². The molecule has 0 atom stereocenters. The van der Waals surface area contributed by atoms with Crippen molar-refractivity contribution in [1.29, 1.82) is 0 Å². The third kappa shape index (κ3) is 2.31. The van der Waals surface area contributed by atoms with E-state index < -0.39 is 0 Å². The van der Waals surface area contributed by atoms with Crippen LogP contribution in [0.1, 0.15) is 5.56 Å².